The molecule has 0 N–H and O–H groups in total. The summed E-state index contributed by atoms with van der Waals surface area (Å²) in [7, 11) is 0. The Morgan fingerprint density at radius 3 is 2.01 bits per heavy atom. The van der Waals surface area contributed by atoms with Crippen molar-refractivity contribution in [3.63, 3.8) is 0 Å². The third kappa shape index (κ3) is 13.2. The molecular formula is C110H100N2. The predicted octanol–water partition coefficient (Wildman–Crippen LogP) is 28.0. The summed E-state index contributed by atoms with van der Waals surface area (Å²) < 4.78 is 0. The lowest BCUT2D eigenvalue weighted by molar-refractivity contribution is 0.549. The zero-order valence-electron chi connectivity index (χ0n) is 65.8. The van der Waals surface area contributed by atoms with Crippen LogP contribution in [0.15, 0.2) is 352 Å². The standard InChI is InChI=1S/C110H100N2/c1-8-10-12-20-30-75-42-54-87(55-43-75)111(86-37-24-17-15-14-16-18-25-38-86)88-56-46-77(47-57-88)83-52-65-98-100(71-83)74(3)92-68-69-93(97-64-51-80(105(98)107(92)97)33-21-13-11-9-2)85-36-28-35-82(70-85)76-44-58-89(59-45-76)112(91-62-67-96-95-39-26-27-40-101(95)109(4,5)104(96)73-91)90-60-48-78(49-61-90)84-53-66-99-103(72-84)110(6,7)102-41-29-34-81-50-63-94(108(99)106(81)102)79-31-22-19-23-32-79/h8-10,12,14-22,24-29,31,33-37,39-54,56-65,67,70-74,86-87,99H,2,11,13,23,30,32,38,55,66,68-69H2,1,3-7H3/b10-8-,16-14-,17-15-,20-12-,25-18+,33-21+,37-24+. The number of hydrogen-bond donors (Lipinski definition) is 0. The number of benzene rings is 10. The molecule has 0 aliphatic heterocycles. The zero-order valence-corrected chi connectivity index (χ0v) is 65.8. The van der Waals surface area contributed by atoms with E-state index in [0.29, 0.717) is 5.92 Å². The Labute approximate surface area is 664 Å². The van der Waals surface area contributed by atoms with Crippen LogP contribution in [0, 0.1) is 0 Å². The van der Waals surface area contributed by atoms with Crippen molar-refractivity contribution in [2.75, 3.05) is 9.80 Å². The van der Waals surface area contributed by atoms with Gasteiger partial charge in [0.1, 0.15) is 0 Å². The quantitative estimate of drug-likeness (QED) is 0.0480. The molecule has 4 atom stereocenters. The van der Waals surface area contributed by atoms with E-state index in [1.54, 1.807) is 5.57 Å². The number of anilines is 4. The highest BCUT2D eigenvalue weighted by Crippen LogP contribution is 2.57. The molecule has 0 radical (unpaired) electrons. The minimum absolute atomic E-state index is 0.129. The lowest BCUT2D eigenvalue weighted by atomic mass is 9.60. The number of rotatable bonds is 18. The van der Waals surface area contributed by atoms with Gasteiger partial charge >= 0.3 is 0 Å². The average Bonchev–Trinajstić information content (AvgIpc) is 0.915. The highest BCUT2D eigenvalue weighted by atomic mass is 15.2. The third-order valence-electron chi connectivity index (χ3n) is 25.6. The maximum absolute atomic E-state index is 4.06. The van der Waals surface area contributed by atoms with E-state index < -0.39 is 0 Å². The van der Waals surface area contributed by atoms with E-state index in [1.165, 1.54) is 149 Å². The molecule has 18 rings (SSSR count). The summed E-state index contributed by atoms with van der Waals surface area (Å²) in [4.78, 5) is 5.12. The first-order chi connectivity index (χ1) is 54.9. The summed E-state index contributed by atoms with van der Waals surface area (Å²) in [5, 5.41) is 5.62. The fourth-order valence-electron chi connectivity index (χ4n) is 19.8. The second-order valence-electron chi connectivity index (χ2n) is 32.9. The molecule has 2 nitrogen and oxygen atoms in total. The van der Waals surface area contributed by atoms with Crippen molar-refractivity contribution < 1.29 is 0 Å². The van der Waals surface area contributed by atoms with Crippen molar-refractivity contribution in [1.29, 1.82) is 0 Å². The Morgan fingerprint density at radius 1 is 0.518 bits per heavy atom. The monoisotopic (exact) mass is 1450 g/mol. The third-order valence-corrected chi connectivity index (χ3v) is 25.6. The highest BCUT2D eigenvalue weighted by molar-refractivity contribution is 5.98. The summed E-state index contributed by atoms with van der Waals surface area (Å²) >= 11 is 0. The van der Waals surface area contributed by atoms with E-state index in [0.717, 1.165) is 81.3 Å². The fourth-order valence-corrected chi connectivity index (χ4v) is 19.8. The van der Waals surface area contributed by atoms with E-state index in [-0.39, 0.29) is 28.8 Å². The summed E-state index contributed by atoms with van der Waals surface area (Å²) in [6, 6.07) is 78.2. The van der Waals surface area contributed by atoms with Gasteiger partial charge in [0.25, 0.3) is 0 Å². The molecule has 0 aromatic heterocycles. The van der Waals surface area contributed by atoms with Crippen LogP contribution in [0.4, 0.5) is 22.7 Å². The molecule has 0 amide bonds. The van der Waals surface area contributed by atoms with Gasteiger partial charge in [0.15, 0.2) is 0 Å². The molecular weight excluding hydrogens is 1350 g/mol. The molecule has 0 heterocycles. The minimum Gasteiger partial charge on any atom is -0.358 e. The summed E-state index contributed by atoms with van der Waals surface area (Å²) in [5.74, 6) is 0.572. The molecule has 8 aliphatic carbocycles. The average molecular weight is 1450 g/mol. The van der Waals surface area contributed by atoms with E-state index in [4.69, 9.17) is 0 Å². The minimum atomic E-state index is -0.151. The topological polar surface area (TPSA) is 6.48 Å². The second kappa shape index (κ2) is 30.4. The lowest BCUT2D eigenvalue weighted by Crippen LogP contribution is -2.42. The smallest absolute Gasteiger partial charge is 0.0517 e. The normalized spacial score (nSPS) is 20.6. The summed E-state index contributed by atoms with van der Waals surface area (Å²) in [5.41, 5.74) is 35.6. The van der Waals surface area contributed by atoms with Crippen LogP contribution in [-0.2, 0) is 10.8 Å². The van der Waals surface area contributed by atoms with Crippen molar-refractivity contribution in [2.45, 2.75) is 141 Å². The van der Waals surface area contributed by atoms with Gasteiger partial charge in [0.2, 0.25) is 0 Å². The van der Waals surface area contributed by atoms with Gasteiger partial charge in [-0.15, -0.1) is 6.58 Å². The van der Waals surface area contributed by atoms with Crippen LogP contribution in [0.25, 0.3) is 83.6 Å². The summed E-state index contributed by atoms with van der Waals surface area (Å²) in [6.45, 7) is 18.3. The van der Waals surface area contributed by atoms with Crippen LogP contribution in [0.3, 0.4) is 0 Å². The van der Waals surface area contributed by atoms with Gasteiger partial charge in [0, 0.05) is 45.4 Å². The van der Waals surface area contributed by atoms with Crippen LogP contribution < -0.4 is 20.2 Å². The number of unbranched alkanes of at least 4 members (excludes halogenated alkanes) is 1. The largest absolute Gasteiger partial charge is 0.358 e. The van der Waals surface area contributed by atoms with E-state index >= 15 is 0 Å². The van der Waals surface area contributed by atoms with Crippen molar-refractivity contribution in [3.8, 4) is 44.5 Å². The number of fused-ring (bicyclic) bond motifs is 7. The van der Waals surface area contributed by atoms with Crippen molar-refractivity contribution in [2.24, 2.45) is 0 Å². The van der Waals surface area contributed by atoms with Gasteiger partial charge in [0.05, 0.1) is 12.1 Å². The molecule has 4 unspecified atom stereocenters. The van der Waals surface area contributed by atoms with Gasteiger partial charge in [-0.05, 0) is 270 Å². The summed E-state index contributed by atoms with van der Waals surface area (Å²) in [6.07, 6.45) is 62.0. The van der Waals surface area contributed by atoms with Crippen LogP contribution in [-0.4, -0.2) is 12.1 Å². The van der Waals surface area contributed by atoms with Gasteiger partial charge in [-0.2, -0.15) is 0 Å². The van der Waals surface area contributed by atoms with E-state index in [9.17, 15) is 0 Å². The first-order valence-electron chi connectivity index (χ1n) is 41.1. The van der Waals surface area contributed by atoms with E-state index in [2.05, 4.69) is 392 Å². The second-order valence-corrected chi connectivity index (χ2v) is 32.9. The molecule has 8 aliphatic rings. The Morgan fingerprint density at radius 2 is 1.22 bits per heavy atom. The molecule has 10 aromatic rings. The molecule has 0 spiro atoms. The highest BCUT2D eigenvalue weighted by Gasteiger charge is 2.42. The number of allylic oxidation sites excluding steroid dienone is 22. The Hall–Kier alpha value is -11.8. The first-order valence-corrected chi connectivity index (χ1v) is 41.1. The number of nitrogens with zero attached hydrogens (tertiary/aromatic N) is 2. The van der Waals surface area contributed by atoms with Gasteiger partial charge in [-0.1, -0.05) is 325 Å². The SMILES string of the molecule is C=CCC/C=C/c1ccc2c3c1-c1ccc(-c4ccc(N(C5C=CC(C/C=C\C=C/C)=CC5)C5/C=C/C=C\C=C/C=C/C5)cc4)cc1C(C)C=3CCC=2c1cccc(-c2ccc(N(c3ccc(C4=CCC5C(=C4)C(C)(C)c4cccc6ccc(C7=CC=CCC7)c5c46)cc3)c3ccc4c(c3)C(C)(C)c3ccccc3-4)cc2)c1. The van der Waals surface area contributed by atoms with E-state index in [1.807, 2.05) is 6.08 Å². The molecule has 112 heavy (non-hydrogen) atoms. The Bertz CT molecular complexity index is 5980. The molecule has 0 saturated heterocycles. The molecule has 550 valence electrons. The molecule has 2 heteroatoms. The van der Waals surface area contributed by atoms with Gasteiger partial charge in [-0.25, -0.2) is 0 Å². The molecule has 10 aromatic carbocycles. The molecule has 0 fully saturated rings. The zero-order chi connectivity index (χ0) is 76.0. The molecule has 0 saturated carbocycles. The van der Waals surface area contributed by atoms with Crippen molar-refractivity contribution in [1.82, 2.24) is 0 Å². The predicted molar refractivity (Wildman–Crippen MR) is 481 cm³/mol. The maximum atomic E-state index is 4.06. The van der Waals surface area contributed by atoms with Crippen molar-refractivity contribution >= 4 is 61.9 Å². The van der Waals surface area contributed by atoms with Gasteiger partial charge < -0.3 is 9.80 Å². The Balaban J connectivity index is 0.664. The van der Waals surface area contributed by atoms with Crippen LogP contribution in [0.2, 0.25) is 0 Å². The van der Waals surface area contributed by atoms with Crippen LogP contribution in [0.1, 0.15) is 168 Å². The first kappa shape index (κ1) is 71.7. The van der Waals surface area contributed by atoms with Crippen molar-refractivity contribution in [3.05, 3.63) is 412 Å². The fraction of sp³-hybridized carbons (Fsp3) is 0.200. The molecule has 0 bridgehead atoms. The lowest BCUT2D eigenvalue weighted by Gasteiger charge is -2.43. The van der Waals surface area contributed by atoms with Gasteiger partial charge in [-0.3, -0.25) is 0 Å². The maximum Gasteiger partial charge on any atom is 0.0517 e. The van der Waals surface area contributed by atoms with Crippen LogP contribution >= 0.6 is 0 Å². The number of hydrogen-bond acceptors (Lipinski definition) is 2. The Kier molecular flexibility index (Phi) is 19.5. The van der Waals surface area contributed by atoms with Crippen LogP contribution in [0.5, 0.6) is 0 Å².